The summed E-state index contributed by atoms with van der Waals surface area (Å²) < 4.78 is 5.31. The molecule has 0 aliphatic heterocycles. The first-order chi connectivity index (χ1) is 8.65. The standard InChI is InChI=1S/C12H23N5O/c1-4-18-12-10(13)11(15-9-16-12)14-7-5-6-8-17(2)3/h9H,4-8,13H2,1-3H3,(H,14,15,16). The highest BCUT2D eigenvalue weighted by molar-refractivity contribution is 5.66. The SMILES string of the molecule is CCOc1ncnc(NCCCCN(C)C)c1N. The second kappa shape index (κ2) is 7.71. The van der Waals surface area contributed by atoms with E-state index in [2.05, 4.69) is 34.3 Å². The van der Waals surface area contributed by atoms with Gasteiger partial charge < -0.3 is 20.7 Å². The Kier molecular flexibility index (Phi) is 6.21. The Bertz CT molecular complexity index is 356. The average Bonchev–Trinajstić information content (AvgIpc) is 2.33. The molecule has 102 valence electrons. The quantitative estimate of drug-likeness (QED) is 0.678. The van der Waals surface area contributed by atoms with E-state index in [1.165, 1.54) is 6.33 Å². The van der Waals surface area contributed by atoms with Crippen LogP contribution in [0.4, 0.5) is 11.5 Å². The molecule has 1 rings (SSSR count). The molecule has 0 aliphatic carbocycles. The summed E-state index contributed by atoms with van der Waals surface area (Å²) in [5, 5.41) is 3.21. The van der Waals surface area contributed by atoms with E-state index in [0.29, 0.717) is 24.0 Å². The molecule has 0 fully saturated rings. The van der Waals surface area contributed by atoms with Crippen LogP contribution in [0, 0.1) is 0 Å². The maximum absolute atomic E-state index is 5.91. The van der Waals surface area contributed by atoms with Gasteiger partial charge in [0.2, 0.25) is 5.88 Å². The van der Waals surface area contributed by atoms with Crippen molar-refractivity contribution in [3.63, 3.8) is 0 Å². The first kappa shape index (κ1) is 14.5. The Morgan fingerprint density at radius 2 is 2.11 bits per heavy atom. The van der Waals surface area contributed by atoms with Gasteiger partial charge in [-0.05, 0) is 40.4 Å². The number of ether oxygens (including phenoxy) is 1. The fourth-order valence-electron chi connectivity index (χ4n) is 1.53. The van der Waals surface area contributed by atoms with Gasteiger partial charge in [0.05, 0.1) is 6.61 Å². The van der Waals surface area contributed by atoms with Crippen molar-refractivity contribution in [2.75, 3.05) is 44.8 Å². The van der Waals surface area contributed by atoms with Gasteiger partial charge in [0.1, 0.15) is 12.0 Å². The summed E-state index contributed by atoms with van der Waals surface area (Å²) >= 11 is 0. The maximum atomic E-state index is 5.91. The van der Waals surface area contributed by atoms with Crippen molar-refractivity contribution < 1.29 is 4.74 Å². The lowest BCUT2D eigenvalue weighted by molar-refractivity contribution is 0.328. The van der Waals surface area contributed by atoms with Crippen LogP contribution in [0.15, 0.2) is 6.33 Å². The molecule has 0 bridgehead atoms. The molecule has 1 aromatic rings. The molecule has 3 N–H and O–H groups in total. The third-order valence-electron chi connectivity index (χ3n) is 2.45. The molecule has 0 aliphatic rings. The molecule has 0 radical (unpaired) electrons. The predicted molar refractivity (Wildman–Crippen MR) is 73.9 cm³/mol. The zero-order valence-corrected chi connectivity index (χ0v) is 11.4. The molecule has 0 aromatic carbocycles. The number of nitrogens with zero attached hydrogens (tertiary/aromatic N) is 3. The number of nitrogens with one attached hydrogen (secondary N) is 1. The Morgan fingerprint density at radius 3 is 2.78 bits per heavy atom. The van der Waals surface area contributed by atoms with Crippen LogP contribution in [0.3, 0.4) is 0 Å². The average molecular weight is 253 g/mol. The maximum Gasteiger partial charge on any atom is 0.242 e. The van der Waals surface area contributed by atoms with Gasteiger partial charge in [-0.3, -0.25) is 0 Å². The molecule has 6 heteroatoms. The predicted octanol–water partition coefficient (Wildman–Crippen LogP) is 1.21. The first-order valence-electron chi connectivity index (χ1n) is 6.27. The number of hydrogen-bond donors (Lipinski definition) is 2. The monoisotopic (exact) mass is 253 g/mol. The van der Waals surface area contributed by atoms with Crippen LogP contribution in [0.5, 0.6) is 5.88 Å². The molecule has 1 heterocycles. The van der Waals surface area contributed by atoms with Crippen LogP contribution >= 0.6 is 0 Å². The zero-order chi connectivity index (χ0) is 13.4. The topological polar surface area (TPSA) is 76.3 Å². The number of rotatable bonds is 8. The van der Waals surface area contributed by atoms with E-state index in [9.17, 15) is 0 Å². The van der Waals surface area contributed by atoms with E-state index in [0.717, 1.165) is 25.9 Å². The summed E-state index contributed by atoms with van der Waals surface area (Å²) in [7, 11) is 4.15. The van der Waals surface area contributed by atoms with Crippen molar-refractivity contribution in [3.05, 3.63) is 6.33 Å². The number of aromatic nitrogens is 2. The van der Waals surface area contributed by atoms with E-state index in [-0.39, 0.29) is 0 Å². The van der Waals surface area contributed by atoms with Gasteiger partial charge >= 0.3 is 0 Å². The molecular weight excluding hydrogens is 230 g/mol. The van der Waals surface area contributed by atoms with Crippen molar-refractivity contribution in [1.29, 1.82) is 0 Å². The van der Waals surface area contributed by atoms with E-state index >= 15 is 0 Å². The van der Waals surface area contributed by atoms with Crippen molar-refractivity contribution >= 4 is 11.5 Å². The number of hydrogen-bond acceptors (Lipinski definition) is 6. The molecule has 0 atom stereocenters. The summed E-state index contributed by atoms with van der Waals surface area (Å²) in [5.41, 5.74) is 6.39. The van der Waals surface area contributed by atoms with Gasteiger partial charge in [0, 0.05) is 6.54 Å². The number of nitrogen functional groups attached to an aromatic ring is 1. The van der Waals surface area contributed by atoms with Crippen LogP contribution < -0.4 is 15.8 Å². The van der Waals surface area contributed by atoms with E-state index < -0.39 is 0 Å². The molecular formula is C12H23N5O. The summed E-state index contributed by atoms with van der Waals surface area (Å²) in [4.78, 5) is 10.3. The van der Waals surface area contributed by atoms with E-state index in [1.807, 2.05) is 6.92 Å². The van der Waals surface area contributed by atoms with E-state index in [4.69, 9.17) is 10.5 Å². The van der Waals surface area contributed by atoms with E-state index in [1.54, 1.807) is 0 Å². The smallest absolute Gasteiger partial charge is 0.242 e. The Morgan fingerprint density at radius 1 is 1.33 bits per heavy atom. The Hall–Kier alpha value is -1.56. The molecule has 0 amide bonds. The largest absolute Gasteiger partial charge is 0.476 e. The number of anilines is 2. The third kappa shape index (κ3) is 4.75. The first-order valence-corrected chi connectivity index (χ1v) is 6.27. The Balaban J connectivity index is 2.40. The lowest BCUT2D eigenvalue weighted by Crippen LogP contribution is -2.14. The lowest BCUT2D eigenvalue weighted by Gasteiger charge is -2.12. The van der Waals surface area contributed by atoms with Crippen LogP contribution in [-0.4, -0.2) is 48.7 Å². The molecule has 0 unspecified atom stereocenters. The van der Waals surface area contributed by atoms with Crippen LogP contribution in [-0.2, 0) is 0 Å². The molecule has 0 saturated heterocycles. The van der Waals surface area contributed by atoms with Gasteiger partial charge in [-0.15, -0.1) is 0 Å². The highest BCUT2D eigenvalue weighted by Crippen LogP contribution is 2.24. The zero-order valence-electron chi connectivity index (χ0n) is 11.4. The van der Waals surface area contributed by atoms with Crippen molar-refractivity contribution in [2.45, 2.75) is 19.8 Å². The normalized spacial score (nSPS) is 10.7. The third-order valence-corrected chi connectivity index (χ3v) is 2.45. The summed E-state index contributed by atoms with van der Waals surface area (Å²) in [6, 6.07) is 0. The lowest BCUT2D eigenvalue weighted by atomic mass is 10.3. The van der Waals surface area contributed by atoms with Crippen LogP contribution in [0.25, 0.3) is 0 Å². The molecule has 0 saturated carbocycles. The molecule has 0 spiro atoms. The fraction of sp³-hybridized carbons (Fsp3) is 0.667. The second-order valence-corrected chi connectivity index (χ2v) is 4.31. The molecule has 18 heavy (non-hydrogen) atoms. The second-order valence-electron chi connectivity index (χ2n) is 4.31. The highest BCUT2D eigenvalue weighted by atomic mass is 16.5. The van der Waals surface area contributed by atoms with Gasteiger partial charge in [-0.2, -0.15) is 4.98 Å². The van der Waals surface area contributed by atoms with Gasteiger partial charge in [-0.25, -0.2) is 4.98 Å². The van der Waals surface area contributed by atoms with Crippen molar-refractivity contribution in [1.82, 2.24) is 14.9 Å². The summed E-state index contributed by atoms with van der Waals surface area (Å²) in [6.07, 6.45) is 3.68. The Labute approximate surface area is 109 Å². The van der Waals surface area contributed by atoms with Gasteiger partial charge in [0.25, 0.3) is 0 Å². The summed E-state index contributed by atoms with van der Waals surface area (Å²) in [6.45, 7) is 4.38. The number of unbranched alkanes of at least 4 members (excludes halogenated alkanes) is 1. The van der Waals surface area contributed by atoms with Crippen LogP contribution in [0.1, 0.15) is 19.8 Å². The number of nitrogens with two attached hydrogens (primary N) is 1. The van der Waals surface area contributed by atoms with Crippen molar-refractivity contribution in [3.8, 4) is 5.88 Å². The summed E-state index contributed by atoms with van der Waals surface area (Å²) in [5.74, 6) is 1.10. The molecule has 1 aromatic heterocycles. The highest BCUT2D eigenvalue weighted by Gasteiger charge is 2.07. The van der Waals surface area contributed by atoms with Crippen LogP contribution in [0.2, 0.25) is 0 Å². The fourth-order valence-corrected chi connectivity index (χ4v) is 1.53. The molecule has 6 nitrogen and oxygen atoms in total. The van der Waals surface area contributed by atoms with Gasteiger partial charge in [0.15, 0.2) is 5.82 Å². The minimum Gasteiger partial charge on any atom is -0.476 e. The minimum absolute atomic E-state index is 0.447. The minimum atomic E-state index is 0.447. The van der Waals surface area contributed by atoms with Crippen molar-refractivity contribution in [2.24, 2.45) is 0 Å². The van der Waals surface area contributed by atoms with Gasteiger partial charge in [-0.1, -0.05) is 0 Å².